The van der Waals surface area contributed by atoms with Crippen LogP contribution in [0.1, 0.15) is 31.0 Å². The number of hydrogen-bond acceptors (Lipinski definition) is 6. The number of aliphatic hydroxyl groups excluding tert-OH is 1. The van der Waals surface area contributed by atoms with E-state index < -0.39 is 17.7 Å². The van der Waals surface area contributed by atoms with Crippen LogP contribution in [-0.4, -0.2) is 67.0 Å². The molecule has 1 unspecified atom stereocenters. The zero-order valence-corrected chi connectivity index (χ0v) is 19.0. The van der Waals surface area contributed by atoms with Gasteiger partial charge in [0.1, 0.15) is 17.3 Å². The molecular formula is C25H30N2O5. The Morgan fingerprint density at radius 2 is 1.47 bits per heavy atom. The first kappa shape index (κ1) is 23.3. The summed E-state index contributed by atoms with van der Waals surface area (Å²) in [5, 5.41) is 11.1. The van der Waals surface area contributed by atoms with Gasteiger partial charge >= 0.3 is 0 Å². The molecule has 3 rings (SSSR count). The van der Waals surface area contributed by atoms with E-state index in [0.29, 0.717) is 43.4 Å². The second-order valence-corrected chi connectivity index (χ2v) is 7.76. The predicted octanol–water partition coefficient (Wildman–Crippen LogP) is 3.47. The van der Waals surface area contributed by atoms with Crippen molar-refractivity contribution in [1.29, 1.82) is 0 Å². The smallest absolute Gasteiger partial charge is 0.295 e. The van der Waals surface area contributed by atoms with Crippen LogP contribution in [-0.2, 0) is 9.59 Å². The third-order valence-electron chi connectivity index (χ3n) is 5.27. The Kier molecular flexibility index (Phi) is 7.53. The van der Waals surface area contributed by atoms with E-state index in [2.05, 4.69) is 0 Å². The second kappa shape index (κ2) is 10.3. The molecule has 0 aromatic heterocycles. The Morgan fingerprint density at radius 1 is 0.938 bits per heavy atom. The van der Waals surface area contributed by atoms with Gasteiger partial charge in [0.25, 0.3) is 11.7 Å². The largest absolute Gasteiger partial charge is 0.507 e. The van der Waals surface area contributed by atoms with Gasteiger partial charge < -0.3 is 24.4 Å². The molecule has 0 aliphatic carbocycles. The van der Waals surface area contributed by atoms with Crippen LogP contribution < -0.4 is 9.47 Å². The zero-order valence-electron chi connectivity index (χ0n) is 19.0. The highest BCUT2D eigenvalue weighted by atomic mass is 16.5. The van der Waals surface area contributed by atoms with Crippen molar-refractivity contribution >= 4 is 17.4 Å². The van der Waals surface area contributed by atoms with Crippen molar-refractivity contribution in [3.05, 3.63) is 65.2 Å². The molecule has 0 radical (unpaired) electrons. The normalized spacial score (nSPS) is 17.8. The minimum atomic E-state index is -0.686. The number of likely N-dealkylation sites (N-methyl/N-ethyl adjacent to an activating group) is 1. The first-order valence-electron chi connectivity index (χ1n) is 10.8. The summed E-state index contributed by atoms with van der Waals surface area (Å²) < 4.78 is 11.0. The van der Waals surface area contributed by atoms with Gasteiger partial charge in [-0.3, -0.25) is 9.59 Å². The third kappa shape index (κ3) is 4.94. The van der Waals surface area contributed by atoms with Gasteiger partial charge in [0.2, 0.25) is 0 Å². The van der Waals surface area contributed by atoms with Gasteiger partial charge in [0.15, 0.2) is 0 Å². The van der Waals surface area contributed by atoms with Crippen LogP contribution >= 0.6 is 0 Å². The molecule has 1 aliphatic heterocycles. The minimum Gasteiger partial charge on any atom is -0.507 e. The van der Waals surface area contributed by atoms with Crippen LogP contribution in [0.4, 0.5) is 0 Å². The van der Waals surface area contributed by atoms with E-state index in [0.717, 1.165) is 5.56 Å². The van der Waals surface area contributed by atoms with Crippen LogP contribution in [0.25, 0.3) is 5.76 Å². The molecule has 1 amide bonds. The predicted molar refractivity (Wildman–Crippen MR) is 123 cm³/mol. The molecule has 1 heterocycles. The summed E-state index contributed by atoms with van der Waals surface area (Å²) in [6.45, 7) is 5.80. The molecule has 0 bridgehead atoms. The highest BCUT2D eigenvalue weighted by molar-refractivity contribution is 6.46. The number of ketones is 1. The number of aliphatic hydroxyl groups is 1. The van der Waals surface area contributed by atoms with E-state index in [4.69, 9.17) is 9.47 Å². The van der Waals surface area contributed by atoms with Gasteiger partial charge in [-0.05, 0) is 69.9 Å². The first-order valence-corrected chi connectivity index (χ1v) is 10.8. The van der Waals surface area contributed by atoms with E-state index in [1.165, 1.54) is 4.90 Å². The van der Waals surface area contributed by atoms with Crippen molar-refractivity contribution < 1.29 is 24.2 Å². The molecule has 1 saturated heterocycles. The van der Waals surface area contributed by atoms with Crippen LogP contribution in [0.15, 0.2) is 54.1 Å². The van der Waals surface area contributed by atoms with Crippen molar-refractivity contribution in [2.75, 3.05) is 40.4 Å². The van der Waals surface area contributed by atoms with Gasteiger partial charge in [-0.15, -0.1) is 0 Å². The number of carbonyl (C=O) groups excluding carboxylic acids is 2. The van der Waals surface area contributed by atoms with E-state index in [9.17, 15) is 14.7 Å². The van der Waals surface area contributed by atoms with Crippen molar-refractivity contribution in [3.8, 4) is 11.5 Å². The number of ether oxygens (including phenoxy) is 2. The number of hydrogen-bond donors (Lipinski definition) is 1. The van der Waals surface area contributed by atoms with Crippen LogP contribution in [0.5, 0.6) is 11.5 Å². The molecule has 0 spiro atoms. The number of rotatable bonds is 9. The van der Waals surface area contributed by atoms with Gasteiger partial charge in [0, 0.05) is 18.7 Å². The first-order chi connectivity index (χ1) is 15.4. The third-order valence-corrected chi connectivity index (χ3v) is 5.27. The van der Waals surface area contributed by atoms with Crippen molar-refractivity contribution in [2.24, 2.45) is 0 Å². The monoisotopic (exact) mass is 438 g/mol. The van der Waals surface area contributed by atoms with Gasteiger partial charge in [-0.1, -0.05) is 12.1 Å². The minimum absolute atomic E-state index is 0.0853. The molecule has 1 fully saturated rings. The Morgan fingerprint density at radius 3 is 1.97 bits per heavy atom. The molecule has 0 saturated carbocycles. The molecule has 7 heteroatoms. The van der Waals surface area contributed by atoms with Gasteiger partial charge in [-0.25, -0.2) is 0 Å². The quantitative estimate of drug-likeness (QED) is 0.367. The average molecular weight is 439 g/mol. The molecule has 1 aliphatic rings. The number of likely N-dealkylation sites (tertiary alicyclic amines) is 1. The van der Waals surface area contributed by atoms with Gasteiger partial charge in [-0.2, -0.15) is 0 Å². The van der Waals surface area contributed by atoms with Crippen LogP contribution in [0.3, 0.4) is 0 Å². The zero-order chi connectivity index (χ0) is 23.3. The summed E-state index contributed by atoms with van der Waals surface area (Å²) in [5.41, 5.74) is 1.27. The lowest BCUT2D eigenvalue weighted by Gasteiger charge is -2.26. The highest BCUT2D eigenvalue weighted by Gasteiger charge is 2.45. The molecule has 7 nitrogen and oxygen atoms in total. The summed E-state index contributed by atoms with van der Waals surface area (Å²) in [5.74, 6) is -0.128. The molecule has 2 aromatic carbocycles. The van der Waals surface area contributed by atoms with Crippen LogP contribution in [0.2, 0.25) is 0 Å². The molecule has 1 atom stereocenters. The number of benzene rings is 2. The molecular weight excluding hydrogens is 408 g/mol. The number of nitrogens with zero attached hydrogens (tertiary/aromatic N) is 2. The molecule has 32 heavy (non-hydrogen) atoms. The number of Topliss-reactive ketones (excluding diaryl/α,β-unsaturated/α-hetero) is 1. The fourth-order valence-electron chi connectivity index (χ4n) is 3.71. The summed E-state index contributed by atoms with van der Waals surface area (Å²) in [7, 11) is 3.81. The lowest BCUT2D eigenvalue weighted by molar-refractivity contribution is -0.140. The Hall–Kier alpha value is -3.32. The lowest BCUT2D eigenvalue weighted by Crippen LogP contribution is -2.35. The Bertz CT molecular complexity index is 980. The average Bonchev–Trinajstić information content (AvgIpc) is 3.03. The molecule has 2 aromatic rings. The fourth-order valence-corrected chi connectivity index (χ4v) is 3.71. The van der Waals surface area contributed by atoms with Crippen LogP contribution in [0, 0.1) is 0 Å². The van der Waals surface area contributed by atoms with E-state index >= 15 is 0 Å². The topological polar surface area (TPSA) is 79.3 Å². The van der Waals surface area contributed by atoms with Crippen molar-refractivity contribution in [3.63, 3.8) is 0 Å². The Labute approximate surface area is 188 Å². The maximum Gasteiger partial charge on any atom is 0.295 e. The molecule has 1 N–H and O–H groups in total. The maximum absolute atomic E-state index is 13.0. The van der Waals surface area contributed by atoms with Crippen molar-refractivity contribution in [2.45, 2.75) is 19.9 Å². The van der Waals surface area contributed by atoms with Crippen molar-refractivity contribution in [1.82, 2.24) is 9.80 Å². The van der Waals surface area contributed by atoms with Gasteiger partial charge in [0.05, 0.1) is 24.8 Å². The second-order valence-electron chi connectivity index (χ2n) is 7.76. The summed E-state index contributed by atoms with van der Waals surface area (Å²) in [6.07, 6.45) is 0. The van der Waals surface area contributed by atoms with E-state index in [1.54, 1.807) is 24.3 Å². The number of carbonyl (C=O) groups is 2. The summed E-state index contributed by atoms with van der Waals surface area (Å²) in [4.78, 5) is 29.4. The fraction of sp³-hybridized carbons (Fsp3) is 0.360. The standard InChI is InChI=1S/C25H30N2O5/c1-5-31-19-11-7-17(8-12-19)22-21(24(29)25(30)27(22)16-15-26(3)4)23(28)18-9-13-20(14-10-18)32-6-2/h7-14,22,28H,5-6,15-16H2,1-4H3/b23-21+. The number of amides is 1. The highest BCUT2D eigenvalue weighted by Crippen LogP contribution is 2.39. The van der Waals surface area contributed by atoms with E-state index in [-0.39, 0.29) is 11.3 Å². The van der Waals surface area contributed by atoms with E-state index in [1.807, 2.05) is 57.1 Å². The molecule has 170 valence electrons. The Balaban J connectivity index is 2.06. The SMILES string of the molecule is CCOc1ccc(/C(O)=C2\C(=O)C(=O)N(CCN(C)C)C2c2ccc(OCC)cc2)cc1. The summed E-state index contributed by atoms with van der Waals surface area (Å²) >= 11 is 0. The lowest BCUT2D eigenvalue weighted by atomic mass is 9.95. The maximum atomic E-state index is 13.0. The summed E-state index contributed by atoms with van der Waals surface area (Å²) in [6, 6.07) is 13.4.